The molecule has 1 aliphatic carbocycles. The predicted molar refractivity (Wildman–Crippen MR) is 71.6 cm³/mol. The summed E-state index contributed by atoms with van der Waals surface area (Å²) in [6.45, 7) is 0. The highest BCUT2D eigenvalue weighted by Gasteiger charge is 2.23. The number of esters is 1. The van der Waals surface area contributed by atoms with Crippen LogP contribution in [0.15, 0.2) is 12.1 Å². The van der Waals surface area contributed by atoms with Gasteiger partial charge >= 0.3 is 5.97 Å². The molecule has 1 fully saturated rings. The van der Waals surface area contributed by atoms with Gasteiger partial charge in [-0.1, -0.05) is 0 Å². The highest BCUT2D eigenvalue weighted by molar-refractivity contribution is 5.97. The highest BCUT2D eigenvalue weighted by Crippen LogP contribution is 2.32. The largest absolute Gasteiger partial charge is 0.497 e. The summed E-state index contributed by atoms with van der Waals surface area (Å²) in [7, 11) is 3.02. The second-order valence-electron chi connectivity index (χ2n) is 4.60. The van der Waals surface area contributed by atoms with Gasteiger partial charge in [0.2, 0.25) is 0 Å². The number of rotatable bonds is 4. The van der Waals surface area contributed by atoms with E-state index in [4.69, 9.17) is 19.9 Å². The summed E-state index contributed by atoms with van der Waals surface area (Å²) in [6.07, 6.45) is 4.06. The maximum atomic E-state index is 12.1. The number of benzene rings is 1. The van der Waals surface area contributed by atoms with E-state index in [9.17, 15) is 4.79 Å². The lowest BCUT2D eigenvalue weighted by molar-refractivity contribution is 0.0318. The minimum atomic E-state index is -0.415. The molecule has 0 aliphatic heterocycles. The zero-order valence-corrected chi connectivity index (χ0v) is 11.3. The zero-order valence-electron chi connectivity index (χ0n) is 11.3. The van der Waals surface area contributed by atoms with Crippen LogP contribution < -0.4 is 15.2 Å². The van der Waals surface area contributed by atoms with E-state index in [0.29, 0.717) is 17.1 Å². The van der Waals surface area contributed by atoms with Gasteiger partial charge in [-0.2, -0.15) is 0 Å². The third-order valence-electron chi connectivity index (χ3n) is 3.37. The Morgan fingerprint density at radius 2 is 1.89 bits per heavy atom. The van der Waals surface area contributed by atoms with Crippen LogP contribution in [-0.4, -0.2) is 26.3 Å². The predicted octanol–water partition coefficient (Wildman–Crippen LogP) is 2.39. The number of methoxy groups -OCH3 is 2. The van der Waals surface area contributed by atoms with Crippen LogP contribution in [0.1, 0.15) is 36.0 Å². The first-order valence-electron chi connectivity index (χ1n) is 6.38. The van der Waals surface area contributed by atoms with Crippen LogP contribution in [0.5, 0.6) is 11.5 Å². The molecule has 2 rings (SSSR count). The number of carbonyl (C=O) groups is 1. The molecule has 1 saturated carbocycles. The molecule has 5 nitrogen and oxygen atoms in total. The standard InChI is InChI=1S/C14H19NO4/c1-17-10-7-11(13(15)12(8-10)18-2)14(16)19-9-5-3-4-6-9/h7-9H,3-6,15H2,1-2H3. The van der Waals surface area contributed by atoms with E-state index in [1.165, 1.54) is 14.2 Å². The summed E-state index contributed by atoms with van der Waals surface area (Å²) in [5, 5.41) is 0. The van der Waals surface area contributed by atoms with E-state index in [-0.39, 0.29) is 11.8 Å². The van der Waals surface area contributed by atoms with E-state index >= 15 is 0 Å². The van der Waals surface area contributed by atoms with Gasteiger partial charge in [-0.3, -0.25) is 0 Å². The Morgan fingerprint density at radius 3 is 2.47 bits per heavy atom. The van der Waals surface area contributed by atoms with E-state index < -0.39 is 5.97 Å². The monoisotopic (exact) mass is 265 g/mol. The first-order chi connectivity index (χ1) is 9.15. The van der Waals surface area contributed by atoms with Crippen LogP contribution >= 0.6 is 0 Å². The zero-order chi connectivity index (χ0) is 13.8. The molecule has 0 atom stereocenters. The van der Waals surface area contributed by atoms with Crippen molar-refractivity contribution in [1.29, 1.82) is 0 Å². The molecule has 0 heterocycles. The third kappa shape index (κ3) is 2.92. The Balaban J connectivity index is 2.23. The number of hydrogen-bond donors (Lipinski definition) is 1. The van der Waals surface area contributed by atoms with Gasteiger partial charge in [0.1, 0.15) is 17.6 Å². The lowest BCUT2D eigenvalue weighted by Crippen LogP contribution is -2.16. The van der Waals surface area contributed by atoms with Crippen LogP contribution in [0, 0.1) is 0 Å². The molecule has 0 aromatic heterocycles. The number of anilines is 1. The molecule has 0 saturated heterocycles. The number of hydrogen-bond acceptors (Lipinski definition) is 5. The molecular weight excluding hydrogens is 246 g/mol. The Hall–Kier alpha value is -1.91. The fraction of sp³-hybridized carbons (Fsp3) is 0.500. The van der Waals surface area contributed by atoms with E-state index in [1.807, 2.05) is 0 Å². The van der Waals surface area contributed by atoms with Crippen LogP contribution in [0.4, 0.5) is 5.69 Å². The summed E-state index contributed by atoms with van der Waals surface area (Å²) in [5.41, 5.74) is 6.49. The van der Waals surface area contributed by atoms with Gasteiger partial charge in [-0.25, -0.2) is 4.79 Å². The Labute approximate surface area is 112 Å². The molecular formula is C14H19NO4. The number of carbonyl (C=O) groups excluding carboxylic acids is 1. The Kier molecular flexibility index (Phi) is 4.14. The van der Waals surface area contributed by atoms with Gasteiger partial charge in [0.25, 0.3) is 0 Å². The van der Waals surface area contributed by atoms with Crippen molar-refractivity contribution in [2.75, 3.05) is 20.0 Å². The fourth-order valence-corrected chi connectivity index (χ4v) is 2.28. The van der Waals surface area contributed by atoms with E-state index in [2.05, 4.69) is 0 Å². The van der Waals surface area contributed by atoms with Crippen LogP contribution in [0.25, 0.3) is 0 Å². The molecule has 2 N–H and O–H groups in total. The van der Waals surface area contributed by atoms with Crippen molar-refractivity contribution < 1.29 is 19.0 Å². The SMILES string of the molecule is COc1cc(OC)c(N)c(C(=O)OC2CCCC2)c1. The average molecular weight is 265 g/mol. The van der Waals surface area contributed by atoms with Crippen molar-refractivity contribution in [3.63, 3.8) is 0 Å². The topological polar surface area (TPSA) is 70.8 Å². The lowest BCUT2D eigenvalue weighted by atomic mass is 10.1. The van der Waals surface area contributed by atoms with Gasteiger partial charge < -0.3 is 19.9 Å². The first-order valence-corrected chi connectivity index (χ1v) is 6.38. The minimum Gasteiger partial charge on any atom is -0.497 e. The third-order valence-corrected chi connectivity index (χ3v) is 3.37. The molecule has 0 spiro atoms. The molecule has 19 heavy (non-hydrogen) atoms. The number of nitrogen functional groups attached to an aromatic ring is 1. The van der Waals surface area contributed by atoms with Crippen molar-refractivity contribution >= 4 is 11.7 Å². The molecule has 0 bridgehead atoms. The molecule has 0 amide bonds. The maximum absolute atomic E-state index is 12.1. The summed E-state index contributed by atoms with van der Waals surface area (Å²) < 4.78 is 15.7. The minimum absolute atomic E-state index is 0.00379. The average Bonchev–Trinajstić information content (AvgIpc) is 2.91. The van der Waals surface area contributed by atoms with Crippen molar-refractivity contribution in [2.24, 2.45) is 0 Å². The van der Waals surface area contributed by atoms with Crippen molar-refractivity contribution in [1.82, 2.24) is 0 Å². The number of nitrogens with two attached hydrogens (primary N) is 1. The van der Waals surface area contributed by atoms with Crippen molar-refractivity contribution in [3.8, 4) is 11.5 Å². The fourth-order valence-electron chi connectivity index (χ4n) is 2.28. The molecule has 104 valence electrons. The van der Waals surface area contributed by atoms with E-state index in [1.54, 1.807) is 12.1 Å². The summed E-state index contributed by atoms with van der Waals surface area (Å²) in [6, 6.07) is 3.22. The van der Waals surface area contributed by atoms with Gasteiger partial charge in [0, 0.05) is 6.07 Å². The quantitative estimate of drug-likeness (QED) is 0.668. The number of ether oxygens (including phenoxy) is 3. The molecule has 1 aromatic carbocycles. The van der Waals surface area contributed by atoms with E-state index in [0.717, 1.165) is 25.7 Å². The van der Waals surface area contributed by atoms with Crippen LogP contribution in [0.2, 0.25) is 0 Å². The second kappa shape index (κ2) is 5.82. The summed E-state index contributed by atoms with van der Waals surface area (Å²) >= 11 is 0. The molecule has 1 aliphatic rings. The molecule has 0 radical (unpaired) electrons. The lowest BCUT2D eigenvalue weighted by Gasteiger charge is -2.15. The van der Waals surface area contributed by atoms with Crippen LogP contribution in [0.3, 0.4) is 0 Å². The van der Waals surface area contributed by atoms with Gasteiger partial charge in [0.05, 0.1) is 25.5 Å². The van der Waals surface area contributed by atoms with Gasteiger partial charge in [-0.15, -0.1) is 0 Å². The van der Waals surface area contributed by atoms with Crippen molar-refractivity contribution in [3.05, 3.63) is 17.7 Å². The van der Waals surface area contributed by atoms with Gasteiger partial charge in [0.15, 0.2) is 0 Å². The summed E-state index contributed by atoms with van der Waals surface area (Å²) in [4.78, 5) is 12.1. The van der Waals surface area contributed by atoms with Crippen LogP contribution in [-0.2, 0) is 4.74 Å². The smallest absolute Gasteiger partial charge is 0.340 e. The molecule has 5 heteroatoms. The van der Waals surface area contributed by atoms with Gasteiger partial charge in [-0.05, 0) is 31.7 Å². The normalized spacial score (nSPS) is 15.3. The molecule has 0 unspecified atom stereocenters. The second-order valence-corrected chi connectivity index (χ2v) is 4.60. The Morgan fingerprint density at radius 1 is 1.21 bits per heavy atom. The maximum Gasteiger partial charge on any atom is 0.340 e. The highest BCUT2D eigenvalue weighted by atomic mass is 16.5. The first kappa shape index (κ1) is 13.5. The molecule has 1 aromatic rings. The Bertz CT molecular complexity index is 467. The summed E-state index contributed by atoms with van der Waals surface area (Å²) in [5.74, 6) is 0.517. The van der Waals surface area contributed by atoms with Crippen molar-refractivity contribution in [2.45, 2.75) is 31.8 Å².